The number of carbonyl (C=O) groups excluding carboxylic acids is 1. The summed E-state index contributed by atoms with van der Waals surface area (Å²) in [6, 6.07) is 13.0. The molecular weight excluding hydrogens is 322 g/mol. The summed E-state index contributed by atoms with van der Waals surface area (Å²) in [6.45, 7) is 4.30. The van der Waals surface area contributed by atoms with Gasteiger partial charge in [0.2, 0.25) is 0 Å². The van der Waals surface area contributed by atoms with E-state index in [1.54, 1.807) is 24.1 Å². The van der Waals surface area contributed by atoms with Crippen molar-refractivity contribution >= 4 is 28.5 Å². The molecule has 2 aromatic carbocycles. The smallest absolute Gasteiger partial charge is 0.253 e. The van der Waals surface area contributed by atoms with Gasteiger partial charge >= 0.3 is 0 Å². The third kappa shape index (κ3) is 3.24. The van der Waals surface area contributed by atoms with Crippen molar-refractivity contribution < 1.29 is 4.79 Å². The molecule has 0 atom stereocenters. The number of benzene rings is 2. The summed E-state index contributed by atoms with van der Waals surface area (Å²) in [6.07, 6.45) is 0. The van der Waals surface area contributed by atoms with Crippen molar-refractivity contribution in [1.29, 1.82) is 0 Å². The summed E-state index contributed by atoms with van der Waals surface area (Å²) >= 11 is 6.17. The first-order valence-electron chi connectivity index (χ1n) is 7.69. The van der Waals surface area contributed by atoms with E-state index in [2.05, 4.69) is 9.97 Å². The van der Waals surface area contributed by atoms with Crippen LogP contribution in [-0.4, -0.2) is 27.8 Å². The molecule has 3 aromatic rings. The fourth-order valence-corrected chi connectivity index (χ4v) is 2.73. The number of nitrogens with zero attached hydrogens (tertiary/aromatic N) is 3. The van der Waals surface area contributed by atoms with Crippen LogP contribution in [0.2, 0.25) is 5.02 Å². The van der Waals surface area contributed by atoms with Gasteiger partial charge in [0, 0.05) is 24.2 Å². The molecule has 5 heteroatoms. The molecule has 0 fully saturated rings. The molecule has 0 radical (unpaired) electrons. The maximum Gasteiger partial charge on any atom is 0.253 e. The average Bonchev–Trinajstić information content (AvgIpc) is 2.57. The fraction of sp³-hybridized carbons (Fsp3) is 0.211. The first-order valence-corrected chi connectivity index (χ1v) is 8.07. The molecule has 122 valence electrons. The molecular formula is C19H18ClN3O. The SMILES string of the molecule is Cc1nc2ccc(C(=O)N(C)Cc3ccccc3Cl)cc2nc1C. The fourth-order valence-electron chi connectivity index (χ4n) is 2.54. The Kier molecular flexibility index (Phi) is 4.49. The lowest BCUT2D eigenvalue weighted by atomic mass is 10.1. The molecule has 0 aliphatic heterocycles. The topological polar surface area (TPSA) is 46.1 Å². The second kappa shape index (κ2) is 6.57. The highest BCUT2D eigenvalue weighted by Gasteiger charge is 2.14. The van der Waals surface area contributed by atoms with Gasteiger partial charge in [-0.25, -0.2) is 9.97 Å². The Bertz CT molecular complexity index is 924. The van der Waals surface area contributed by atoms with Crippen molar-refractivity contribution in [2.24, 2.45) is 0 Å². The van der Waals surface area contributed by atoms with E-state index in [1.807, 2.05) is 44.2 Å². The predicted octanol–water partition coefficient (Wildman–Crippen LogP) is 4.17. The van der Waals surface area contributed by atoms with Gasteiger partial charge in [0.1, 0.15) is 0 Å². The van der Waals surface area contributed by atoms with E-state index in [-0.39, 0.29) is 5.91 Å². The van der Waals surface area contributed by atoms with Crippen molar-refractivity contribution in [1.82, 2.24) is 14.9 Å². The first kappa shape index (κ1) is 16.4. The van der Waals surface area contributed by atoms with Gasteiger partial charge < -0.3 is 4.90 Å². The van der Waals surface area contributed by atoms with Gasteiger partial charge in [0.15, 0.2) is 0 Å². The van der Waals surface area contributed by atoms with Gasteiger partial charge in [-0.1, -0.05) is 29.8 Å². The number of fused-ring (bicyclic) bond motifs is 1. The summed E-state index contributed by atoms with van der Waals surface area (Å²) in [5.41, 5.74) is 4.81. The highest BCUT2D eigenvalue weighted by molar-refractivity contribution is 6.31. The molecule has 0 unspecified atom stereocenters. The van der Waals surface area contributed by atoms with Gasteiger partial charge in [-0.3, -0.25) is 4.79 Å². The Labute approximate surface area is 146 Å². The highest BCUT2D eigenvalue weighted by Crippen LogP contribution is 2.19. The van der Waals surface area contributed by atoms with Gasteiger partial charge in [-0.2, -0.15) is 0 Å². The molecule has 24 heavy (non-hydrogen) atoms. The van der Waals surface area contributed by atoms with Gasteiger partial charge in [-0.15, -0.1) is 0 Å². The lowest BCUT2D eigenvalue weighted by molar-refractivity contribution is 0.0785. The Morgan fingerprint density at radius 3 is 2.42 bits per heavy atom. The third-order valence-electron chi connectivity index (χ3n) is 4.03. The van der Waals surface area contributed by atoms with Crippen LogP contribution in [0.3, 0.4) is 0 Å². The lowest BCUT2D eigenvalue weighted by Crippen LogP contribution is -2.26. The van der Waals surface area contributed by atoms with E-state index in [9.17, 15) is 4.79 Å². The molecule has 3 rings (SSSR count). The molecule has 1 heterocycles. The average molecular weight is 340 g/mol. The van der Waals surface area contributed by atoms with Crippen molar-refractivity contribution in [2.75, 3.05) is 7.05 Å². The summed E-state index contributed by atoms with van der Waals surface area (Å²) in [5, 5.41) is 0.660. The number of rotatable bonds is 3. The van der Waals surface area contributed by atoms with Crippen LogP contribution in [0.4, 0.5) is 0 Å². The quantitative estimate of drug-likeness (QED) is 0.719. The zero-order chi connectivity index (χ0) is 17.3. The summed E-state index contributed by atoms with van der Waals surface area (Å²) in [4.78, 5) is 23.4. The maximum atomic E-state index is 12.7. The Morgan fingerprint density at radius 1 is 1.04 bits per heavy atom. The number of hydrogen-bond acceptors (Lipinski definition) is 3. The number of aryl methyl sites for hydroxylation is 2. The molecule has 4 nitrogen and oxygen atoms in total. The number of hydrogen-bond donors (Lipinski definition) is 0. The van der Waals surface area contributed by atoms with Crippen LogP contribution in [0.15, 0.2) is 42.5 Å². The molecule has 0 aliphatic rings. The minimum Gasteiger partial charge on any atom is -0.337 e. The van der Waals surface area contributed by atoms with Gasteiger partial charge in [0.05, 0.1) is 22.4 Å². The Morgan fingerprint density at radius 2 is 1.71 bits per heavy atom. The number of amides is 1. The molecule has 0 bridgehead atoms. The minimum atomic E-state index is -0.0724. The Hall–Kier alpha value is -2.46. The molecule has 0 aliphatic carbocycles. The zero-order valence-corrected chi connectivity index (χ0v) is 14.6. The second-order valence-corrected chi connectivity index (χ2v) is 6.26. The van der Waals surface area contributed by atoms with E-state index in [1.165, 1.54) is 0 Å². The van der Waals surface area contributed by atoms with Crippen LogP contribution < -0.4 is 0 Å². The van der Waals surface area contributed by atoms with Crippen LogP contribution in [0.25, 0.3) is 11.0 Å². The number of halogens is 1. The predicted molar refractivity (Wildman–Crippen MR) is 96.3 cm³/mol. The minimum absolute atomic E-state index is 0.0724. The monoisotopic (exact) mass is 339 g/mol. The molecule has 0 saturated heterocycles. The molecule has 1 amide bonds. The standard InChI is InChI=1S/C19H18ClN3O/c1-12-13(2)22-18-10-14(8-9-17(18)21-12)19(24)23(3)11-15-6-4-5-7-16(15)20/h4-10H,11H2,1-3H3. The third-order valence-corrected chi connectivity index (χ3v) is 4.40. The van der Waals surface area contributed by atoms with Crippen molar-refractivity contribution in [3.8, 4) is 0 Å². The normalized spacial score (nSPS) is 10.8. The van der Waals surface area contributed by atoms with Crippen molar-refractivity contribution in [3.63, 3.8) is 0 Å². The Balaban J connectivity index is 1.87. The lowest BCUT2D eigenvalue weighted by Gasteiger charge is -2.18. The van der Waals surface area contributed by atoms with Crippen LogP contribution in [0.5, 0.6) is 0 Å². The van der Waals surface area contributed by atoms with Crippen LogP contribution in [0, 0.1) is 13.8 Å². The van der Waals surface area contributed by atoms with E-state index >= 15 is 0 Å². The molecule has 0 spiro atoms. The van der Waals surface area contributed by atoms with Crippen LogP contribution >= 0.6 is 11.6 Å². The molecule has 0 saturated carbocycles. The van der Waals surface area contributed by atoms with Gasteiger partial charge in [0.25, 0.3) is 5.91 Å². The van der Waals surface area contributed by atoms with Crippen molar-refractivity contribution in [2.45, 2.75) is 20.4 Å². The molecule has 1 aromatic heterocycles. The van der Waals surface area contributed by atoms with Gasteiger partial charge in [-0.05, 0) is 43.7 Å². The van der Waals surface area contributed by atoms with E-state index in [0.717, 1.165) is 28.0 Å². The second-order valence-electron chi connectivity index (χ2n) is 5.85. The number of carbonyl (C=O) groups is 1. The van der Waals surface area contributed by atoms with Crippen LogP contribution in [0.1, 0.15) is 27.3 Å². The largest absolute Gasteiger partial charge is 0.337 e. The van der Waals surface area contributed by atoms with Crippen LogP contribution in [-0.2, 0) is 6.54 Å². The highest BCUT2D eigenvalue weighted by atomic mass is 35.5. The summed E-state index contributed by atoms with van der Waals surface area (Å²) < 4.78 is 0. The number of aromatic nitrogens is 2. The molecule has 0 N–H and O–H groups in total. The zero-order valence-electron chi connectivity index (χ0n) is 13.9. The van der Waals surface area contributed by atoms with E-state index in [4.69, 9.17) is 11.6 Å². The van der Waals surface area contributed by atoms with E-state index in [0.29, 0.717) is 17.1 Å². The summed E-state index contributed by atoms with van der Waals surface area (Å²) in [5.74, 6) is -0.0724. The van der Waals surface area contributed by atoms with Crippen molar-refractivity contribution in [3.05, 3.63) is 70.0 Å². The summed E-state index contributed by atoms with van der Waals surface area (Å²) in [7, 11) is 1.77. The maximum absolute atomic E-state index is 12.7. The van der Waals surface area contributed by atoms with E-state index < -0.39 is 0 Å². The first-order chi connectivity index (χ1) is 11.5.